The minimum atomic E-state index is -0.126. The van der Waals surface area contributed by atoms with Crippen LogP contribution in [-0.4, -0.2) is 17.6 Å². The molecule has 2 aromatic rings. The molecule has 0 aliphatic carbocycles. The number of anilines is 1. The van der Waals surface area contributed by atoms with Crippen LogP contribution in [0.5, 0.6) is 0 Å². The van der Waals surface area contributed by atoms with E-state index in [9.17, 15) is 4.79 Å². The molecule has 1 aromatic heterocycles. The van der Waals surface area contributed by atoms with Crippen molar-refractivity contribution in [3.8, 4) is 0 Å². The molecule has 0 fully saturated rings. The maximum atomic E-state index is 12.1. The second-order valence-corrected chi connectivity index (χ2v) is 4.25. The number of nitrogens with one attached hydrogen (secondary N) is 2. The van der Waals surface area contributed by atoms with Crippen molar-refractivity contribution in [2.45, 2.75) is 20.4 Å². The first-order valence-electron chi connectivity index (χ1n) is 6.22. The molecule has 1 amide bonds. The van der Waals surface area contributed by atoms with Gasteiger partial charge in [0, 0.05) is 18.3 Å². The highest BCUT2D eigenvalue weighted by atomic mass is 16.5. The number of hydrogen-bond donors (Lipinski definition) is 2. The first kappa shape index (κ1) is 13.1. The van der Waals surface area contributed by atoms with Crippen LogP contribution >= 0.6 is 0 Å². The van der Waals surface area contributed by atoms with Crippen molar-refractivity contribution < 1.29 is 9.32 Å². The molecule has 100 valence electrons. The van der Waals surface area contributed by atoms with E-state index in [1.165, 1.54) is 6.26 Å². The molecule has 0 unspecified atom stereocenters. The largest absolute Gasteiger partial charge is 0.385 e. The third-order valence-corrected chi connectivity index (χ3v) is 2.71. The van der Waals surface area contributed by atoms with E-state index in [1.54, 1.807) is 6.07 Å². The third kappa shape index (κ3) is 3.34. The van der Waals surface area contributed by atoms with E-state index in [2.05, 4.69) is 15.8 Å². The molecule has 0 radical (unpaired) electrons. The number of amides is 1. The van der Waals surface area contributed by atoms with Gasteiger partial charge in [0.25, 0.3) is 5.91 Å². The van der Waals surface area contributed by atoms with Crippen LogP contribution in [-0.2, 0) is 6.54 Å². The molecule has 0 atom stereocenters. The lowest BCUT2D eigenvalue weighted by atomic mass is 10.1. The van der Waals surface area contributed by atoms with E-state index >= 15 is 0 Å². The van der Waals surface area contributed by atoms with Crippen LogP contribution in [0.2, 0.25) is 0 Å². The Labute approximate surface area is 112 Å². The Bertz CT molecular complexity index is 550. The van der Waals surface area contributed by atoms with Gasteiger partial charge < -0.3 is 15.2 Å². The van der Waals surface area contributed by atoms with E-state index in [-0.39, 0.29) is 5.91 Å². The number of aromatic nitrogens is 1. The molecule has 2 rings (SSSR count). The van der Waals surface area contributed by atoms with Gasteiger partial charge in [-0.2, -0.15) is 0 Å². The van der Waals surface area contributed by atoms with E-state index in [4.69, 9.17) is 4.52 Å². The summed E-state index contributed by atoms with van der Waals surface area (Å²) in [4.78, 5) is 12.1. The minimum absolute atomic E-state index is 0.126. The van der Waals surface area contributed by atoms with Crippen molar-refractivity contribution in [3.05, 3.63) is 47.3 Å². The van der Waals surface area contributed by atoms with Crippen molar-refractivity contribution in [3.63, 3.8) is 0 Å². The van der Waals surface area contributed by atoms with Gasteiger partial charge in [-0.3, -0.25) is 4.79 Å². The van der Waals surface area contributed by atoms with Gasteiger partial charge in [0.1, 0.15) is 12.0 Å². The normalized spacial score (nSPS) is 10.2. The average molecular weight is 259 g/mol. The fourth-order valence-corrected chi connectivity index (χ4v) is 1.79. The van der Waals surface area contributed by atoms with E-state index in [0.717, 1.165) is 17.8 Å². The maximum absolute atomic E-state index is 12.1. The van der Waals surface area contributed by atoms with Gasteiger partial charge in [-0.25, -0.2) is 0 Å². The summed E-state index contributed by atoms with van der Waals surface area (Å²) in [6, 6.07) is 7.44. The molecule has 0 bridgehead atoms. The molecule has 0 saturated carbocycles. The van der Waals surface area contributed by atoms with Crippen LogP contribution in [0.4, 0.5) is 5.69 Å². The Morgan fingerprint density at radius 3 is 2.89 bits per heavy atom. The molecule has 1 heterocycles. The summed E-state index contributed by atoms with van der Waals surface area (Å²) in [7, 11) is 0. The van der Waals surface area contributed by atoms with Crippen molar-refractivity contribution in [1.29, 1.82) is 0 Å². The molecule has 0 aliphatic heterocycles. The highest BCUT2D eigenvalue weighted by molar-refractivity contribution is 5.99. The predicted octanol–water partition coefficient (Wildman–Crippen LogP) is 2.34. The third-order valence-electron chi connectivity index (χ3n) is 2.71. The summed E-state index contributed by atoms with van der Waals surface area (Å²) in [6.07, 6.45) is 1.48. The van der Waals surface area contributed by atoms with Gasteiger partial charge in [-0.1, -0.05) is 11.2 Å². The fourth-order valence-electron chi connectivity index (χ4n) is 1.79. The highest BCUT2D eigenvalue weighted by Gasteiger charge is 2.11. The molecule has 0 spiro atoms. The second kappa shape index (κ2) is 6.04. The average Bonchev–Trinajstić information content (AvgIpc) is 2.90. The van der Waals surface area contributed by atoms with Crippen LogP contribution < -0.4 is 10.6 Å². The van der Waals surface area contributed by atoms with Crippen molar-refractivity contribution in [2.24, 2.45) is 0 Å². The monoisotopic (exact) mass is 259 g/mol. The van der Waals surface area contributed by atoms with Crippen molar-refractivity contribution >= 4 is 11.6 Å². The SMILES string of the molecule is CCNc1cc(C)ccc1C(=O)NCc1ccon1. The number of carbonyl (C=O) groups excluding carboxylic acids is 1. The van der Waals surface area contributed by atoms with Gasteiger partial charge >= 0.3 is 0 Å². The Morgan fingerprint density at radius 2 is 2.21 bits per heavy atom. The Hall–Kier alpha value is -2.30. The number of benzene rings is 1. The predicted molar refractivity (Wildman–Crippen MR) is 73.0 cm³/mol. The number of carbonyl (C=O) groups is 1. The zero-order valence-corrected chi connectivity index (χ0v) is 11.1. The van der Waals surface area contributed by atoms with Crippen LogP contribution in [0.25, 0.3) is 0 Å². The van der Waals surface area contributed by atoms with Gasteiger partial charge in [0.15, 0.2) is 0 Å². The smallest absolute Gasteiger partial charge is 0.253 e. The summed E-state index contributed by atoms with van der Waals surface area (Å²) in [6.45, 7) is 5.12. The standard InChI is InChI=1S/C14H17N3O2/c1-3-15-13-8-10(2)4-5-12(13)14(18)16-9-11-6-7-19-17-11/h4-8,15H,3,9H2,1-2H3,(H,16,18). The zero-order valence-electron chi connectivity index (χ0n) is 11.1. The molecule has 5 heteroatoms. The van der Waals surface area contributed by atoms with Crippen molar-refractivity contribution in [2.75, 3.05) is 11.9 Å². The van der Waals surface area contributed by atoms with Crippen molar-refractivity contribution in [1.82, 2.24) is 10.5 Å². The summed E-state index contributed by atoms with van der Waals surface area (Å²) in [5, 5.41) is 9.76. The lowest BCUT2D eigenvalue weighted by Gasteiger charge is -2.11. The Balaban J connectivity index is 2.09. The topological polar surface area (TPSA) is 67.2 Å². The number of aryl methyl sites for hydroxylation is 1. The molecule has 0 aliphatic rings. The quantitative estimate of drug-likeness (QED) is 0.865. The zero-order chi connectivity index (χ0) is 13.7. The van der Waals surface area contributed by atoms with Gasteiger partial charge in [0.2, 0.25) is 0 Å². The molecular weight excluding hydrogens is 242 g/mol. The first-order chi connectivity index (χ1) is 9.20. The van der Waals surface area contributed by atoms with Gasteiger partial charge in [-0.05, 0) is 31.5 Å². The van der Waals surface area contributed by atoms with Gasteiger partial charge in [0.05, 0.1) is 12.1 Å². The van der Waals surface area contributed by atoms with E-state index < -0.39 is 0 Å². The molecule has 1 aromatic carbocycles. The fraction of sp³-hybridized carbons (Fsp3) is 0.286. The molecule has 19 heavy (non-hydrogen) atoms. The first-order valence-corrected chi connectivity index (χ1v) is 6.22. The maximum Gasteiger partial charge on any atom is 0.253 e. The molecular formula is C14H17N3O2. The molecule has 0 saturated heterocycles. The van der Waals surface area contributed by atoms with Crippen LogP contribution in [0.1, 0.15) is 28.5 Å². The van der Waals surface area contributed by atoms with E-state index in [0.29, 0.717) is 17.8 Å². The van der Waals surface area contributed by atoms with Crippen LogP contribution in [0.3, 0.4) is 0 Å². The number of rotatable bonds is 5. The lowest BCUT2D eigenvalue weighted by molar-refractivity contribution is 0.0951. The number of nitrogens with zero attached hydrogens (tertiary/aromatic N) is 1. The Morgan fingerprint density at radius 1 is 1.37 bits per heavy atom. The molecule has 2 N–H and O–H groups in total. The Kier molecular flexibility index (Phi) is 4.18. The summed E-state index contributed by atoms with van der Waals surface area (Å²) < 4.78 is 4.72. The summed E-state index contributed by atoms with van der Waals surface area (Å²) in [5.41, 5.74) is 3.30. The second-order valence-electron chi connectivity index (χ2n) is 4.25. The molecule has 5 nitrogen and oxygen atoms in total. The summed E-state index contributed by atoms with van der Waals surface area (Å²) in [5.74, 6) is -0.126. The summed E-state index contributed by atoms with van der Waals surface area (Å²) >= 11 is 0. The highest BCUT2D eigenvalue weighted by Crippen LogP contribution is 2.17. The lowest BCUT2D eigenvalue weighted by Crippen LogP contribution is -2.24. The minimum Gasteiger partial charge on any atom is -0.385 e. The van der Waals surface area contributed by atoms with Crippen LogP contribution in [0.15, 0.2) is 35.1 Å². The van der Waals surface area contributed by atoms with Gasteiger partial charge in [-0.15, -0.1) is 0 Å². The number of hydrogen-bond acceptors (Lipinski definition) is 4. The van der Waals surface area contributed by atoms with E-state index in [1.807, 2.05) is 32.0 Å². The van der Waals surface area contributed by atoms with Crippen LogP contribution in [0, 0.1) is 6.92 Å².